The SMILES string of the molecule is COC(=O)C1=C(O)[C@@H]2CN(C(=O)OC(C)(C)C)C[C@H]2NC1=O. The second kappa shape index (κ2) is 5.51. The smallest absolute Gasteiger partial charge is 0.410 e. The van der Waals surface area contributed by atoms with E-state index in [0.717, 1.165) is 7.11 Å². The second-order valence-electron chi connectivity index (χ2n) is 6.32. The van der Waals surface area contributed by atoms with Crippen LogP contribution in [0.2, 0.25) is 0 Å². The molecule has 0 aromatic heterocycles. The Hall–Kier alpha value is -2.25. The predicted molar refractivity (Wildman–Crippen MR) is 74.9 cm³/mol. The summed E-state index contributed by atoms with van der Waals surface area (Å²) in [6.45, 7) is 5.63. The van der Waals surface area contributed by atoms with Gasteiger partial charge in [0.1, 0.15) is 11.4 Å². The maximum atomic E-state index is 12.1. The Labute approximate surface area is 128 Å². The van der Waals surface area contributed by atoms with Gasteiger partial charge in [-0.2, -0.15) is 0 Å². The molecule has 0 aromatic carbocycles. The fourth-order valence-electron chi connectivity index (χ4n) is 2.54. The monoisotopic (exact) mass is 312 g/mol. The van der Waals surface area contributed by atoms with E-state index in [1.807, 2.05) is 0 Å². The van der Waals surface area contributed by atoms with Gasteiger partial charge in [-0.05, 0) is 20.8 Å². The summed E-state index contributed by atoms with van der Waals surface area (Å²) in [6.07, 6.45) is -0.524. The molecule has 0 unspecified atom stereocenters. The Morgan fingerprint density at radius 2 is 1.95 bits per heavy atom. The number of aliphatic hydroxyl groups excluding tert-OH is 1. The van der Waals surface area contributed by atoms with E-state index in [2.05, 4.69) is 10.1 Å². The van der Waals surface area contributed by atoms with E-state index in [4.69, 9.17) is 4.74 Å². The molecular weight excluding hydrogens is 292 g/mol. The minimum absolute atomic E-state index is 0.159. The van der Waals surface area contributed by atoms with Crippen molar-refractivity contribution in [1.29, 1.82) is 0 Å². The second-order valence-corrected chi connectivity index (χ2v) is 6.32. The number of carbonyl (C=O) groups is 3. The van der Waals surface area contributed by atoms with E-state index in [-0.39, 0.29) is 18.8 Å². The minimum Gasteiger partial charge on any atom is -0.511 e. The van der Waals surface area contributed by atoms with Gasteiger partial charge in [-0.15, -0.1) is 0 Å². The van der Waals surface area contributed by atoms with Gasteiger partial charge < -0.3 is 24.8 Å². The van der Waals surface area contributed by atoms with Crippen LogP contribution in [0, 0.1) is 5.92 Å². The topological polar surface area (TPSA) is 105 Å². The summed E-state index contributed by atoms with van der Waals surface area (Å²) in [7, 11) is 1.13. The number of fused-ring (bicyclic) bond motifs is 1. The molecule has 0 spiro atoms. The number of amides is 2. The lowest BCUT2D eigenvalue weighted by Gasteiger charge is -2.25. The number of ether oxygens (including phenoxy) is 2. The number of hydrogen-bond acceptors (Lipinski definition) is 6. The first-order valence-electron chi connectivity index (χ1n) is 6.94. The summed E-state index contributed by atoms with van der Waals surface area (Å²) < 4.78 is 9.77. The number of aliphatic hydroxyl groups is 1. The van der Waals surface area contributed by atoms with E-state index in [1.165, 1.54) is 4.90 Å². The molecule has 8 heteroatoms. The summed E-state index contributed by atoms with van der Waals surface area (Å²) in [5.41, 5.74) is -1.04. The minimum atomic E-state index is -0.899. The molecule has 8 nitrogen and oxygen atoms in total. The number of hydrogen-bond donors (Lipinski definition) is 2. The highest BCUT2D eigenvalue weighted by atomic mass is 16.6. The lowest BCUT2D eigenvalue weighted by atomic mass is 9.93. The van der Waals surface area contributed by atoms with Gasteiger partial charge in [0.2, 0.25) is 0 Å². The molecule has 0 saturated carbocycles. The van der Waals surface area contributed by atoms with Crippen molar-refractivity contribution in [1.82, 2.24) is 10.2 Å². The lowest BCUT2D eigenvalue weighted by molar-refractivity contribution is -0.139. The fourth-order valence-corrected chi connectivity index (χ4v) is 2.54. The summed E-state index contributed by atoms with van der Waals surface area (Å²) in [5.74, 6) is -2.48. The molecule has 1 saturated heterocycles. The summed E-state index contributed by atoms with van der Waals surface area (Å²) in [6, 6.07) is -0.451. The van der Waals surface area contributed by atoms with Crippen LogP contribution >= 0.6 is 0 Å². The Bertz CT molecular complexity index is 548. The first kappa shape index (κ1) is 16.1. The number of nitrogens with one attached hydrogen (secondary N) is 1. The van der Waals surface area contributed by atoms with Crippen molar-refractivity contribution in [2.75, 3.05) is 20.2 Å². The molecule has 0 aliphatic carbocycles. The highest BCUT2D eigenvalue weighted by Gasteiger charge is 2.46. The zero-order valence-electron chi connectivity index (χ0n) is 13.0. The van der Waals surface area contributed by atoms with Crippen molar-refractivity contribution < 1.29 is 29.0 Å². The Balaban J connectivity index is 2.18. The van der Waals surface area contributed by atoms with Crippen LogP contribution < -0.4 is 5.32 Å². The molecule has 2 aliphatic heterocycles. The first-order valence-corrected chi connectivity index (χ1v) is 6.94. The average Bonchev–Trinajstić information content (AvgIpc) is 2.80. The van der Waals surface area contributed by atoms with E-state index in [0.29, 0.717) is 0 Å². The zero-order valence-corrected chi connectivity index (χ0v) is 13.0. The maximum Gasteiger partial charge on any atom is 0.410 e. The largest absolute Gasteiger partial charge is 0.511 e. The quantitative estimate of drug-likeness (QED) is 0.534. The van der Waals surface area contributed by atoms with E-state index in [1.54, 1.807) is 20.8 Å². The fraction of sp³-hybridized carbons (Fsp3) is 0.643. The molecule has 2 aliphatic rings. The highest BCUT2D eigenvalue weighted by molar-refractivity contribution is 6.17. The first-order chi connectivity index (χ1) is 10.1. The molecular formula is C14H20N2O6. The standard InChI is InChI=1S/C14H20N2O6/c1-14(2,3)22-13(20)16-5-7-8(6-16)15-11(18)9(10(7)17)12(19)21-4/h7-8,17H,5-6H2,1-4H3,(H,15,18)/t7-,8-/m1/s1. The third-order valence-electron chi connectivity index (χ3n) is 3.51. The molecule has 2 rings (SSSR count). The number of likely N-dealkylation sites (tertiary alicyclic amines) is 1. The average molecular weight is 312 g/mol. The van der Waals surface area contributed by atoms with E-state index >= 15 is 0 Å². The van der Waals surface area contributed by atoms with Gasteiger partial charge in [0, 0.05) is 13.1 Å². The molecule has 2 N–H and O–H groups in total. The Morgan fingerprint density at radius 3 is 2.50 bits per heavy atom. The summed E-state index contributed by atoms with van der Waals surface area (Å²) in [5, 5.41) is 12.8. The van der Waals surface area contributed by atoms with Crippen molar-refractivity contribution in [3.8, 4) is 0 Å². The van der Waals surface area contributed by atoms with Crippen molar-refractivity contribution in [2.45, 2.75) is 32.4 Å². The van der Waals surface area contributed by atoms with Crippen LogP contribution in [0.1, 0.15) is 20.8 Å². The van der Waals surface area contributed by atoms with Gasteiger partial charge in [0.15, 0.2) is 5.57 Å². The van der Waals surface area contributed by atoms with Crippen LogP contribution in [0.25, 0.3) is 0 Å². The number of esters is 1. The Kier molecular flexibility index (Phi) is 4.04. The summed E-state index contributed by atoms with van der Waals surface area (Å²) in [4.78, 5) is 36.9. The van der Waals surface area contributed by atoms with Gasteiger partial charge in [-0.1, -0.05) is 0 Å². The Morgan fingerprint density at radius 1 is 1.32 bits per heavy atom. The van der Waals surface area contributed by atoms with Crippen molar-refractivity contribution in [2.24, 2.45) is 5.92 Å². The van der Waals surface area contributed by atoms with Crippen molar-refractivity contribution >= 4 is 18.0 Å². The molecule has 0 radical (unpaired) electrons. The molecule has 122 valence electrons. The number of rotatable bonds is 1. The predicted octanol–water partition coefficient (Wildman–Crippen LogP) is 0.337. The van der Waals surface area contributed by atoms with Gasteiger partial charge in [-0.3, -0.25) is 4.79 Å². The van der Waals surface area contributed by atoms with E-state index in [9.17, 15) is 19.5 Å². The van der Waals surface area contributed by atoms with Gasteiger partial charge in [0.25, 0.3) is 5.91 Å². The van der Waals surface area contributed by atoms with Crippen LogP contribution in [-0.4, -0.2) is 59.8 Å². The molecule has 2 heterocycles. The molecule has 22 heavy (non-hydrogen) atoms. The van der Waals surface area contributed by atoms with Gasteiger partial charge >= 0.3 is 12.1 Å². The van der Waals surface area contributed by atoms with Crippen LogP contribution in [0.4, 0.5) is 4.79 Å². The van der Waals surface area contributed by atoms with Crippen molar-refractivity contribution in [3.05, 3.63) is 11.3 Å². The molecule has 0 aromatic rings. The maximum absolute atomic E-state index is 12.1. The highest BCUT2D eigenvalue weighted by Crippen LogP contribution is 2.30. The lowest BCUT2D eigenvalue weighted by Crippen LogP contribution is -2.48. The number of nitrogens with zero attached hydrogens (tertiary/aromatic N) is 1. The van der Waals surface area contributed by atoms with Gasteiger partial charge in [-0.25, -0.2) is 9.59 Å². The third kappa shape index (κ3) is 3.00. The molecule has 2 amide bonds. The molecule has 2 atom stereocenters. The normalized spacial score (nSPS) is 24.7. The van der Waals surface area contributed by atoms with Crippen LogP contribution in [0.3, 0.4) is 0 Å². The molecule has 0 bridgehead atoms. The number of carbonyl (C=O) groups excluding carboxylic acids is 3. The van der Waals surface area contributed by atoms with E-state index < -0.39 is 41.1 Å². The zero-order chi connectivity index (χ0) is 16.7. The van der Waals surface area contributed by atoms with Crippen LogP contribution in [-0.2, 0) is 19.1 Å². The number of methoxy groups -OCH3 is 1. The van der Waals surface area contributed by atoms with Crippen molar-refractivity contribution in [3.63, 3.8) is 0 Å². The molecule has 1 fully saturated rings. The van der Waals surface area contributed by atoms with Gasteiger partial charge in [0.05, 0.1) is 19.1 Å². The van der Waals surface area contributed by atoms with Crippen LogP contribution in [0.5, 0.6) is 0 Å². The van der Waals surface area contributed by atoms with Crippen LogP contribution in [0.15, 0.2) is 11.3 Å². The third-order valence-corrected chi connectivity index (χ3v) is 3.51. The summed E-state index contributed by atoms with van der Waals surface area (Å²) >= 11 is 0.